The molecular formula is C22H26O5. The van der Waals surface area contributed by atoms with Crippen LogP contribution in [0.2, 0.25) is 0 Å². The van der Waals surface area contributed by atoms with E-state index in [1.54, 1.807) is 6.92 Å². The van der Waals surface area contributed by atoms with Crippen LogP contribution in [0, 0.1) is 0 Å². The second kappa shape index (κ2) is 10.5. The van der Waals surface area contributed by atoms with E-state index in [1.165, 1.54) is 5.56 Å². The highest BCUT2D eigenvalue weighted by molar-refractivity contribution is 5.91. The molecule has 0 aliphatic carbocycles. The number of carbonyl (C=O) groups excluding carboxylic acids is 1. The standard InChI is InChI=1S/C14H16O5.C8H10/c1-9-12(13(11(16)7-15)19-14(9)17)18-8-10-5-3-2-4-6-10;1-2-8-6-4-3-5-7-8/h2-6,11,13,15-16H,7-8H2,1H3;3-7H,2H2,1H3. The van der Waals surface area contributed by atoms with Gasteiger partial charge in [-0.1, -0.05) is 67.6 Å². The van der Waals surface area contributed by atoms with Crippen molar-refractivity contribution >= 4 is 5.97 Å². The fourth-order valence-corrected chi connectivity index (χ4v) is 2.56. The average Bonchev–Trinajstić information content (AvgIpc) is 3.01. The van der Waals surface area contributed by atoms with Gasteiger partial charge < -0.3 is 19.7 Å². The van der Waals surface area contributed by atoms with Gasteiger partial charge in [-0.3, -0.25) is 0 Å². The summed E-state index contributed by atoms with van der Waals surface area (Å²) in [6.07, 6.45) is -0.964. The highest BCUT2D eigenvalue weighted by atomic mass is 16.6. The maximum Gasteiger partial charge on any atom is 0.338 e. The number of carbonyl (C=O) groups is 1. The first-order chi connectivity index (χ1) is 13.1. The van der Waals surface area contributed by atoms with Gasteiger partial charge in [0.05, 0.1) is 12.2 Å². The molecule has 2 aromatic carbocycles. The van der Waals surface area contributed by atoms with Crippen LogP contribution in [0.15, 0.2) is 72.0 Å². The molecule has 27 heavy (non-hydrogen) atoms. The third kappa shape index (κ3) is 5.94. The first-order valence-corrected chi connectivity index (χ1v) is 8.98. The Morgan fingerprint density at radius 3 is 2.07 bits per heavy atom. The van der Waals surface area contributed by atoms with Crippen LogP contribution in [0.25, 0.3) is 0 Å². The molecule has 0 spiro atoms. The third-order valence-corrected chi connectivity index (χ3v) is 4.19. The molecule has 3 rings (SSSR count). The number of aliphatic hydroxyl groups is 2. The monoisotopic (exact) mass is 370 g/mol. The summed E-state index contributed by atoms with van der Waals surface area (Å²) in [5.41, 5.74) is 2.68. The number of aryl methyl sites for hydroxylation is 1. The zero-order valence-corrected chi connectivity index (χ0v) is 15.7. The Kier molecular flexibility index (Phi) is 8.04. The van der Waals surface area contributed by atoms with E-state index in [0.717, 1.165) is 12.0 Å². The fraction of sp³-hybridized carbons (Fsp3) is 0.318. The number of esters is 1. The van der Waals surface area contributed by atoms with Crippen molar-refractivity contribution in [1.82, 2.24) is 0 Å². The molecule has 1 aliphatic rings. The highest BCUT2D eigenvalue weighted by Gasteiger charge is 2.37. The summed E-state index contributed by atoms with van der Waals surface area (Å²) < 4.78 is 10.5. The van der Waals surface area contributed by atoms with Crippen LogP contribution in [-0.2, 0) is 27.3 Å². The minimum Gasteiger partial charge on any atom is -0.489 e. The Morgan fingerprint density at radius 1 is 1.04 bits per heavy atom. The van der Waals surface area contributed by atoms with Crippen LogP contribution in [-0.4, -0.2) is 35.0 Å². The van der Waals surface area contributed by atoms with Crippen molar-refractivity contribution in [3.8, 4) is 0 Å². The van der Waals surface area contributed by atoms with Gasteiger partial charge >= 0.3 is 5.97 Å². The van der Waals surface area contributed by atoms with Gasteiger partial charge in [0.15, 0.2) is 11.9 Å². The maximum atomic E-state index is 11.5. The molecule has 0 saturated heterocycles. The van der Waals surface area contributed by atoms with E-state index < -0.39 is 24.8 Å². The molecule has 0 amide bonds. The molecule has 2 N–H and O–H groups in total. The number of ether oxygens (including phenoxy) is 2. The summed E-state index contributed by atoms with van der Waals surface area (Å²) in [7, 11) is 0. The summed E-state index contributed by atoms with van der Waals surface area (Å²) in [6, 6.07) is 19.9. The van der Waals surface area contributed by atoms with Gasteiger partial charge in [-0.25, -0.2) is 4.79 Å². The van der Waals surface area contributed by atoms with Crippen LogP contribution < -0.4 is 0 Å². The lowest BCUT2D eigenvalue weighted by atomic mass is 10.1. The van der Waals surface area contributed by atoms with Crippen molar-refractivity contribution in [2.24, 2.45) is 0 Å². The molecule has 5 nitrogen and oxygen atoms in total. The topological polar surface area (TPSA) is 76.0 Å². The second-order valence-electron chi connectivity index (χ2n) is 6.18. The summed E-state index contributed by atoms with van der Waals surface area (Å²) in [6.45, 7) is 3.52. The minimum atomic E-state index is -1.17. The summed E-state index contributed by atoms with van der Waals surface area (Å²) in [4.78, 5) is 11.5. The number of benzene rings is 2. The maximum absolute atomic E-state index is 11.5. The minimum absolute atomic E-state index is 0.277. The molecule has 1 aliphatic heterocycles. The zero-order chi connectivity index (χ0) is 19.6. The first-order valence-electron chi connectivity index (χ1n) is 8.98. The van der Waals surface area contributed by atoms with Crippen LogP contribution in [0.4, 0.5) is 0 Å². The van der Waals surface area contributed by atoms with E-state index in [0.29, 0.717) is 5.57 Å². The van der Waals surface area contributed by atoms with Gasteiger partial charge in [-0.2, -0.15) is 0 Å². The van der Waals surface area contributed by atoms with Crippen molar-refractivity contribution in [2.75, 3.05) is 6.61 Å². The lowest BCUT2D eigenvalue weighted by molar-refractivity contribution is -0.146. The fourth-order valence-electron chi connectivity index (χ4n) is 2.56. The molecular weight excluding hydrogens is 344 g/mol. The predicted octanol–water partition coefficient (Wildman–Crippen LogP) is 3.00. The summed E-state index contributed by atoms with van der Waals surface area (Å²) in [5, 5.41) is 18.6. The normalized spacial score (nSPS) is 17.0. The van der Waals surface area contributed by atoms with Gasteiger partial charge in [-0.05, 0) is 24.5 Å². The Labute approximate surface area is 159 Å². The van der Waals surface area contributed by atoms with E-state index in [1.807, 2.05) is 36.4 Å². The van der Waals surface area contributed by atoms with Crippen molar-refractivity contribution in [2.45, 2.75) is 39.1 Å². The zero-order valence-electron chi connectivity index (χ0n) is 15.7. The Hall–Kier alpha value is -2.63. The molecule has 0 bridgehead atoms. The van der Waals surface area contributed by atoms with Gasteiger partial charge in [-0.15, -0.1) is 0 Å². The second-order valence-corrected chi connectivity index (χ2v) is 6.18. The number of hydrogen-bond donors (Lipinski definition) is 2. The molecule has 2 unspecified atom stereocenters. The first kappa shape index (κ1) is 20.7. The smallest absolute Gasteiger partial charge is 0.338 e. The molecule has 0 saturated carbocycles. The molecule has 0 radical (unpaired) electrons. The number of cyclic esters (lactones) is 1. The van der Waals surface area contributed by atoms with Crippen LogP contribution in [0.5, 0.6) is 0 Å². The van der Waals surface area contributed by atoms with E-state index in [9.17, 15) is 9.90 Å². The molecule has 5 heteroatoms. The van der Waals surface area contributed by atoms with E-state index in [-0.39, 0.29) is 12.4 Å². The lowest BCUT2D eigenvalue weighted by Gasteiger charge is -2.19. The molecule has 0 fully saturated rings. The number of rotatable bonds is 6. The molecule has 2 aromatic rings. The van der Waals surface area contributed by atoms with E-state index in [4.69, 9.17) is 14.6 Å². The van der Waals surface area contributed by atoms with Crippen molar-refractivity contribution in [3.05, 3.63) is 83.1 Å². The number of hydrogen-bond acceptors (Lipinski definition) is 5. The van der Waals surface area contributed by atoms with Crippen molar-refractivity contribution in [1.29, 1.82) is 0 Å². The molecule has 2 atom stereocenters. The van der Waals surface area contributed by atoms with Gasteiger partial charge in [0.2, 0.25) is 0 Å². The van der Waals surface area contributed by atoms with Crippen LogP contribution in [0.1, 0.15) is 25.0 Å². The Morgan fingerprint density at radius 2 is 1.59 bits per heavy atom. The van der Waals surface area contributed by atoms with Crippen molar-refractivity contribution < 1.29 is 24.5 Å². The lowest BCUT2D eigenvalue weighted by Crippen LogP contribution is -2.32. The molecule has 1 heterocycles. The van der Waals surface area contributed by atoms with E-state index in [2.05, 4.69) is 31.2 Å². The van der Waals surface area contributed by atoms with Gasteiger partial charge in [0.1, 0.15) is 12.7 Å². The molecule has 144 valence electrons. The van der Waals surface area contributed by atoms with Gasteiger partial charge in [0.25, 0.3) is 0 Å². The highest BCUT2D eigenvalue weighted by Crippen LogP contribution is 2.26. The quantitative estimate of drug-likeness (QED) is 0.765. The number of aliphatic hydroxyl groups excluding tert-OH is 2. The van der Waals surface area contributed by atoms with Crippen LogP contribution in [0.3, 0.4) is 0 Å². The Balaban J connectivity index is 0.000000273. The predicted molar refractivity (Wildman–Crippen MR) is 103 cm³/mol. The summed E-state index contributed by atoms with van der Waals surface area (Å²) >= 11 is 0. The SMILES string of the molecule is CC1=C(OCc2ccccc2)C(C(O)CO)OC1=O.CCc1ccccc1. The Bertz CT molecular complexity index is 740. The van der Waals surface area contributed by atoms with Gasteiger partial charge in [0, 0.05) is 0 Å². The molecule has 0 aromatic heterocycles. The average molecular weight is 370 g/mol. The largest absolute Gasteiger partial charge is 0.489 e. The summed E-state index contributed by atoms with van der Waals surface area (Å²) in [5.74, 6) is -0.240. The van der Waals surface area contributed by atoms with E-state index >= 15 is 0 Å². The third-order valence-electron chi connectivity index (χ3n) is 4.19. The van der Waals surface area contributed by atoms with Crippen LogP contribution >= 0.6 is 0 Å². The van der Waals surface area contributed by atoms with Crippen molar-refractivity contribution in [3.63, 3.8) is 0 Å².